The van der Waals surface area contributed by atoms with Crippen molar-refractivity contribution < 1.29 is 0 Å². The van der Waals surface area contributed by atoms with Crippen molar-refractivity contribution in [1.82, 2.24) is 9.13 Å². The SMILES string of the molecule is Cc1cc2c3c(c1)-n1c4ccccc4c4cccc(c41)B3c1ccccc1-2.Cc1ccc2c3c1-n1c4ccccc4c4cccc(c41)B3c1ccccc1-2. The molecule has 0 spiro atoms. The highest BCUT2D eigenvalue weighted by molar-refractivity contribution is 7.02. The Morgan fingerprint density at radius 2 is 0.907 bits per heavy atom. The summed E-state index contributed by atoms with van der Waals surface area (Å²) in [5, 5.41) is 5.42. The minimum atomic E-state index is 0.339. The summed E-state index contributed by atoms with van der Waals surface area (Å²) < 4.78 is 5.03. The van der Waals surface area contributed by atoms with Crippen molar-refractivity contribution in [3.05, 3.63) is 169 Å². The third-order valence-electron chi connectivity index (χ3n) is 13.0. The van der Waals surface area contributed by atoms with Gasteiger partial charge in [-0.05, 0) is 87.3 Å². The quantitative estimate of drug-likeness (QED) is 0.145. The largest absolute Gasteiger partial charge is 0.310 e. The Morgan fingerprint density at radius 3 is 1.59 bits per heavy atom. The number of aromatic nitrogens is 2. The molecule has 6 heterocycles. The minimum absolute atomic E-state index is 0.339. The number of aryl methyl sites for hydroxylation is 2. The molecule has 0 saturated carbocycles. The van der Waals surface area contributed by atoms with E-state index in [2.05, 4.69) is 181 Å². The summed E-state index contributed by atoms with van der Waals surface area (Å²) in [5.41, 5.74) is 25.1. The summed E-state index contributed by atoms with van der Waals surface area (Å²) in [5.74, 6) is 0. The van der Waals surface area contributed by atoms with Crippen molar-refractivity contribution in [2.75, 3.05) is 0 Å². The fourth-order valence-electron chi connectivity index (χ4n) is 11.0. The molecule has 14 rings (SSSR count). The summed E-state index contributed by atoms with van der Waals surface area (Å²) in [6.45, 7) is 5.15. The summed E-state index contributed by atoms with van der Waals surface area (Å²) in [4.78, 5) is 0. The van der Waals surface area contributed by atoms with E-state index >= 15 is 0 Å². The molecule has 0 saturated heterocycles. The van der Waals surface area contributed by atoms with Crippen LogP contribution in [0.15, 0.2) is 158 Å². The van der Waals surface area contributed by atoms with E-state index in [-0.39, 0.29) is 0 Å². The van der Waals surface area contributed by atoms with E-state index in [0.29, 0.717) is 13.4 Å². The van der Waals surface area contributed by atoms with Crippen molar-refractivity contribution in [1.29, 1.82) is 0 Å². The first-order valence-electron chi connectivity index (χ1n) is 19.2. The Kier molecular flexibility index (Phi) is 5.44. The van der Waals surface area contributed by atoms with Crippen LogP contribution in [0.25, 0.3) is 77.2 Å². The molecule has 4 heteroatoms. The molecule has 0 atom stereocenters. The molecule has 0 aliphatic carbocycles. The minimum Gasteiger partial charge on any atom is -0.310 e. The van der Waals surface area contributed by atoms with Crippen LogP contribution < -0.4 is 32.8 Å². The zero-order valence-electron chi connectivity index (χ0n) is 30.1. The van der Waals surface area contributed by atoms with Crippen LogP contribution in [0.3, 0.4) is 0 Å². The van der Waals surface area contributed by atoms with Gasteiger partial charge in [-0.15, -0.1) is 0 Å². The number of hydrogen-bond acceptors (Lipinski definition) is 0. The zero-order chi connectivity index (χ0) is 35.4. The molecule has 4 aliphatic rings. The van der Waals surface area contributed by atoms with Gasteiger partial charge in [-0.3, -0.25) is 0 Å². The second-order valence-electron chi connectivity index (χ2n) is 15.7. The van der Waals surface area contributed by atoms with E-state index in [1.165, 1.54) is 121 Å². The normalized spacial score (nSPS) is 13.3. The topological polar surface area (TPSA) is 9.86 Å². The van der Waals surface area contributed by atoms with Crippen molar-refractivity contribution in [2.45, 2.75) is 13.8 Å². The van der Waals surface area contributed by atoms with E-state index in [1.807, 2.05) is 0 Å². The van der Waals surface area contributed by atoms with Gasteiger partial charge in [-0.2, -0.15) is 0 Å². The van der Waals surface area contributed by atoms with Crippen LogP contribution >= 0.6 is 0 Å². The summed E-state index contributed by atoms with van der Waals surface area (Å²) in [6.07, 6.45) is 0. The molecule has 0 bridgehead atoms. The van der Waals surface area contributed by atoms with Crippen LogP contribution in [-0.4, -0.2) is 22.6 Å². The third kappa shape index (κ3) is 3.41. The maximum Gasteiger partial charge on any atom is 0.248 e. The predicted octanol–water partition coefficient (Wildman–Crippen LogP) is 7.80. The number of hydrogen-bond donors (Lipinski definition) is 0. The van der Waals surface area contributed by atoms with Gasteiger partial charge in [0.2, 0.25) is 13.4 Å². The number of rotatable bonds is 0. The second kappa shape index (κ2) is 10.1. The zero-order valence-corrected chi connectivity index (χ0v) is 30.1. The van der Waals surface area contributed by atoms with Gasteiger partial charge < -0.3 is 9.13 Å². The number of fused-ring (bicyclic) bond motifs is 16. The summed E-state index contributed by atoms with van der Waals surface area (Å²) in [7, 11) is 0. The maximum absolute atomic E-state index is 2.52. The molecule has 4 aliphatic heterocycles. The Hall–Kier alpha value is -6.51. The van der Waals surface area contributed by atoms with Gasteiger partial charge in [0.15, 0.2) is 0 Å². The fourth-order valence-corrected chi connectivity index (χ4v) is 11.0. The molecule has 8 aromatic carbocycles. The third-order valence-corrected chi connectivity index (χ3v) is 13.0. The number of benzene rings is 8. The van der Waals surface area contributed by atoms with Crippen molar-refractivity contribution in [3.8, 4) is 33.6 Å². The van der Waals surface area contributed by atoms with E-state index in [4.69, 9.17) is 0 Å². The molecular formula is C50H32B2N2. The molecule has 10 aromatic rings. The van der Waals surface area contributed by atoms with Gasteiger partial charge in [0.25, 0.3) is 0 Å². The van der Waals surface area contributed by atoms with Crippen molar-refractivity contribution >= 4 is 89.8 Å². The average Bonchev–Trinajstić information content (AvgIpc) is 3.94. The van der Waals surface area contributed by atoms with E-state index in [0.717, 1.165) is 0 Å². The van der Waals surface area contributed by atoms with Gasteiger partial charge in [0.05, 0.1) is 11.0 Å². The summed E-state index contributed by atoms with van der Waals surface area (Å²) >= 11 is 0. The highest BCUT2D eigenvalue weighted by Gasteiger charge is 2.42. The standard InChI is InChI=1S/2C25H16BN/c1-15-13-19-16-7-2-4-10-20(16)26-21-11-6-9-18-17-8-3-5-12-22(17)27(25(18)21)23(14-15)24(19)26;1-15-13-14-18-16-7-2-4-10-20(16)26-21-11-6-9-19-17-8-3-5-12-22(17)27(25(19)21)24(15)23(18)26/h2*2-14H,1H3. The van der Waals surface area contributed by atoms with E-state index in [9.17, 15) is 0 Å². The Morgan fingerprint density at radius 1 is 0.389 bits per heavy atom. The first-order chi connectivity index (χ1) is 26.7. The molecule has 2 aromatic heterocycles. The summed E-state index contributed by atoms with van der Waals surface area (Å²) in [6, 6.07) is 58.6. The molecule has 2 nitrogen and oxygen atoms in total. The van der Waals surface area contributed by atoms with Crippen LogP contribution in [0.2, 0.25) is 0 Å². The van der Waals surface area contributed by atoms with Crippen LogP contribution in [0, 0.1) is 13.8 Å². The Labute approximate surface area is 314 Å². The van der Waals surface area contributed by atoms with Gasteiger partial charge in [-0.25, -0.2) is 0 Å². The van der Waals surface area contributed by atoms with E-state index in [1.54, 1.807) is 0 Å². The van der Waals surface area contributed by atoms with Crippen LogP contribution in [-0.2, 0) is 0 Å². The Balaban J connectivity index is 0.000000115. The van der Waals surface area contributed by atoms with Crippen LogP contribution in [0.5, 0.6) is 0 Å². The lowest BCUT2D eigenvalue weighted by atomic mass is 9.37. The average molecular weight is 682 g/mol. The van der Waals surface area contributed by atoms with E-state index < -0.39 is 0 Å². The predicted molar refractivity (Wildman–Crippen MR) is 231 cm³/mol. The van der Waals surface area contributed by atoms with Crippen LogP contribution in [0.1, 0.15) is 11.1 Å². The van der Waals surface area contributed by atoms with Crippen molar-refractivity contribution in [2.24, 2.45) is 0 Å². The first kappa shape index (κ1) is 29.0. The molecule has 0 N–H and O–H groups in total. The smallest absolute Gasteiger partial charge is 0.248 e. The molecular weight excluding hydrogens is 650 g/mol. The molecule has 0 amide bonds. The molecule has 248 valence electrons. The molecule has 0 unspecified atom stereocenters. The van der Waals surface area contributed by atoms with Gasteiger partial charge >= 0.3 is 0 Å². The first-order valence-corrected chi connectivity index (χ1v) is 19.2. The highest BCUT2D eigenvalue weighted by atomic mass is 15.0. The molecule has 54 heavy (non-hydrogen) atoms. The van der Waals surface area contributed by atoms with Gasteiger partial charge in [0.1, 0.15) is 0 Å². The molecule has 0 radical (unpaired) electrons. The maximum atomic E-state index is 2.52. The lowest BCUT2D eigenvalue weighted by Gasteiger charge is -2.26. The highest BCUT2D eigenvalue weighted by Crippen LogP contribution is 2.39. The number of para-hydroxylation sites is 4. The number of nitrogens with zero attached hydrogens (tertiary/aromatic N) is 2. The molecule has 0 fully saturated rings. The lowest BCUT2D eigenvalue weighted by Crippen LogP contribution is -2.53. The van der Waals surface area contributed by atoms with Crippen LogP contribution in [0.4, 0.5) is 0 Å². The monoisotopic (exact) mass is 682 g/mol. The fraction of sp³-hybridized carbons (Fsp3) is 0.0400. The van der Waals surface area contributed by atoms with Gasteiger partial charge in [0, 0.05) is 44.0 Å². The lowest BCUT2D eigenvalue weighted by molar-refractivity contribution is 1.16. The van der Waals surface area contributed by atoms with Gasteiger partial charge in [-0.1, -0.05) is 150 Å². The Bertz CT molecular complexity index is 3330. The van der Waals surface area contributed by atoms with Crippen molar-refractivity contribution in [3.63, 3.8) is 0 Å². The second-order valence-corrected chi connectivity index (χ2v) is 15.7.